The van der Waals surface area contributed by atoms with Crippen molar-refractivity contribution in [3.63, 3.8) is 0 Å². The van der Waals surface area contributed by atoms with Gasteiger partial charge in [0.05, 0.1) is 10.2 Å². The van der Waals surface area contributed by atoms with E-state index in [1.807, 2.05) is 6.07 Å². The summed E-state index contributed by atoms with van der Waals surface area (Å²) in [5, 5.41) is 5.19. The molecule has 1 aromatic carbocycles. The maximum Gasteiger partial charge on any atom is 0.267 e. The molecule has 1 N–H and O–H groups in total. The zero-order chi connectivity index (χ0) is 20.1. The fourth-order valence-electron chi connectivity index (χ4n) is 4.11. The summed E-state index contributed by atoms with van der Waals surface area (Å²) >= 11 is 1.69. The first-order chi connectivity index (χ1) is 14.2. The van der Waals surface area contributed by atoms with Crippen molar-refractivity contribution < 1.29 is 4.79 Å². The third-order valence-corrected chi connectivity index (χ3v) is 6.58. The predicted octanol–water partition coefficient (Wildman–Crippen LogP) is 3.66. The van der Waals surface area contributed by atoms with Crippen molar-refractivity contribution in [3.8, 4) is 0 Å². The van der Waals surface area contributed by atoms with Gasteiger partial charge in [-0.25, -0.2) is 0 Å². The Morgan fingerprint density at radius 3 is 2.59 bits per heavy atom. The van der Waals surface area contributed by atoms with Gasteiger partial charge in [0.25, 0.3) is 5.91 Å². The molecule has 5 nitrogen and oxygen atoms in total. The van der Waals surface area contributed by atoms with Gasteiger partial charge in [0.2, 0.25) is 0 Å². The normalized spacial score (nSPS) is 15.8. The Hall–Kier alpha value is -2.15. The quantitative estimate of drug-likeness (QED) is 0.576. The zero-order valence-electron chi connectivity index (χ0n) is 17.1. The monoisotopic (exact) mass is 410 g/mol. The maximum atomic E-state index is 12.6. The van der Waals surface area contributed by atoms with E-state index in [0.717, 1.165) is 70.0 Å². The van der Waals surface area contributed by atoms with Gasteiger partial charge >= 0.3 is 0 Å². The number of piperazine rings is 1. The topological polar surface area (TPSA) is 40.5 Å². The van der Waals surface area contributed by atoms with Crippen LogP contribution in [0.15, 0.2) is 47.8 Å². The average Bonchev–Trinajstić information content (AvgIpc) is 3.34. The van der Waals surface area contributed by atoms with Crippen molar-refractivity contribution in [2.24, 2.45) is 0 Å². The minimum absolute atomic E-state index is 0.0444. The van der Waals surface area contributed by atoms with Gasteiger partial charge in [-0.3, -0.25) is 9.69 Å². The highest BCUT2D eigenvalue weighted by Gasteiger charge is 2.17. The van der Waals surface area contributed by atoms with Crippen LogP contribution in [-0.2, 0) is 13.1 Å². The number of carbonyl (C=O) groups is 1. The van der Waals surface area contributed by atoms with Crippen molar-refractivity contribution in [1.29, 1.82) is 0 Å². The molecule has 0 radical (unpaired) electrons. The van der Waals surface area contributed by atoms with Crippen LogP contribution in [0, 0.1) is 0 Å². The van der Waals surface area contributed by atoms with Crippen LogP contribution in [0.25, 0.3) is 10.2 Å². The summed E-state index contributed by atoms with van der Waals surface area (Å²) in [6.45, 7) is 10.2. The summed E-state index contributed by atoms with van der Waals surface area (Å²) in [7, 11) is 0. The molecule has 1 aliphatic rings. The maximum absolute atomic E-state index is 12.6. The van der Waals surface area contributed by atoms with Gasteiger partial charge in [0.15, 0.2) is 0 Å². The van der Waals surface area contributed by atoms with E-state index in [1.54, 1.807) is 11.3 Å². The number of nitrogens with one attached hydrogen (secondary N) is 1. The Balaban J connectivity index is 1.17. The Bertz CT molecular complexity index is 925. The molecule has 0 bridgehead atoms. The number of carbonyl (C=O) groups excluding carboxylic acids is 1. The molecular weight excluding hydrogens is 380 g/mol. The van der Waals surface area contributed by atoms with E-state index in [1.165, 1.54) is 10.3 Å². The molecule has 0 spiro atoms. The highest BCUT2D eigenvalue weighted by Crippen LogP contribution is 2.25. The molecule has 0 unspecified atom stereocenters. The third-order valence-electron chi connectivity index (χ3n) is 5.72. The van der Waals surface area contributed by atoms with Crippen LogP contribution in [-0.4, -0.2) is 59.5 Å². The van der Waals surface area contributed by atoms with Crippen molar-refractivity contribution in [1.82, 2.24) is 19.7 Å². The second kappa shape index (κ2) is 9.57. The molecule has 0 saturated carbocycles. The van der Waals surface area contributed by atoms with E-state index in [9.17, 15) is 4.79 Å². The fourth-order valence-corrected chi connectivity index (χ4v) is 4.94. The molecule has 29 heavy (non-hydrogen) atoms. The molecule has 0 atom stereocenters. The number of rotatable bonds is 8. The van der Waals surface area contributed by atoms with E-state index in [-0.39, 0.29) is 5.91 Å². The van der Waals surface area contributed by atoms with Crippen molar-refractivity contribution in [3.05, 3.63) is 59.1 Å². The predicted molar refractivity (Wildman–Crippen MR) is 121 cm³/mol. The molecule has 2 aromatic heterocycles. The van der Waals surface area contributed by atoms with Crippen LogP contribution in [0.1, 0.15) is 29.4 Å². The lowest BCUT2D eigenvalue weighted by Gasteiger charge is -2.34. The lowest BCUT2D eigenvalue weighted by molar-refractivity contribution is 0.0938. The molecule has 154 valence electrons. The van der Waals surface area contributed by atoms with Crippen molar-refractivity contribution in [2.75, 3.05) is 39.3 Å². The van der Waals surface area contributed by atoms with Crippen LogP contribution in [0.3, 0.4) is 0 Å². The lowest BCUT2D eigenvalue weighted by Crippen LogP contribution is -2.46. The summed E-state index contributed by atoms with van der Waals surface area (Å²) in [4.78, 5) is 17.7. The van der Waals surface area contributed by atoms with Crippen molar-refractivity contribution >= 4 is 27.5 Å². The first kappa shape index (κ1) is 20.1. The lowest BCUT2D eigenvalue weighted by atomic mass is 10.2. The van der Waals surface area contributed by atoms with E-state index in [4.69, 9.17) is 0 Å². The zero-order valence-corrected chi connectivity index (χ0v) is 18.0. The van der Waals surface area contributed by atoms with Gasteiger partial charge in [-0.15, -0.1) is 11.3 Å². The molecule has 1 saturated heterocycles. The summed E-state index contributed by atoms with van der Waals surface area (Å²) in [6, 6.07) is 14.8. The van der Waals surface area contributed by atoms with Gasteiger partial charge in [-0.2, -0.15) is 0 Å². The third kappa shape index (κ3) is 4.89. The summed E-state index contributed by atoms with van der Waals surface area (Å²) in [5.74, 6) is 0.0444. The van der Waals surface area contributed by atoms with Crippen LogP contribution < -0.4 is 5.32 Å². The van der Waals surface area contributed by atoms with Gasteiger partial charge in [0.1, 0.15) is 5.69 Å². The fraction of sp³-hybridized carbons (Fsp3) is 0.435. The highest BCUT2D eigenvalue weighted by molar-refractivity contribution is 7.17. The first-order valence-electron chi connectivity index (χ1n) is 10.6. The molecule has 1 fully saturated rings. The SMILES string of the molecule is CCn1c(C(=O)NCCCN2CCN(Cc3ccccc3)CC2)cc2sccc21. The van der Waals surface area contributed by atoms with E-state index >= 15 is 0 Å². The summed E-state index contributed by atoms with van der Waals surface area (Å²) < 4.78 is 3.29. The molecule has 6 heteroatoms. The summed E-state index contributed by atoms with van der Waals surface area (Å²) in [6.07, 6.45) is 0.992. The largest absolute Gasteiger partial charge is 0.351 e. The molecule has 4 rings (SSSR count). The van der Waals surface area contributed by atoms with Crippen LogP contribution >= 0.6 is 11.3 Å². The standard InChI is InChI=1S/C23H30N4OS/c1-2-27-20-9-16-29-22(20)17-21(27)23(28)24-10-6-11-25-12-14-26(15-13-25)18-19-7-4-3-5-8-19/h3-5,7-9,16-17H,2,6,10-15,18H2,1H3,(H,24,28). The smallest absolute Gasteiger partial charge is 0.267 e. The van der Waals surface area contributed by atoms with Gasteiger partial charge < -0.3 is 14.8 Å². The number of nitrogens with zero attached hydrogens (tertiary/aromatic N) is 3. The second-order valence-electron chi connectivity index (χ2n) is 7.66. The highest BCUT2D eigenvalue weighted by atomic mass is 32.1. The van der Waals surface area contributed by atoms with Gasteiger partial charge in [-0.05, 0) is 43.0 Å². The molecule has 0 aliphatic carbocycles. The van der Waals surface area contributed by atoms with Crippen LogP contribution in [0.4, 0.5) is 0 Å². The molecule has 1 aliphatic heterocycles. The van der Waals surface area contributed by atoms with E-state index < -0.39 is 0 Å². The van der Waals surface area contributed by atoms with Gasteiger partial charge in [-0.1, -0.05) is 30.3 Å². The number of hydrogen-bond acceptors (Lipinski definition) is 4. The summed E-state index contributed by atoms with van der Waals surface area (Å²) in [5.41, 5.74) is 3.33. The Morgan fingerprint density at radius 1 is 1.07 bits per heavy atom. The Labute approximate surface area is 176 Å². The van der Waals surface area contributed by atoms with Crippen LogP contribution in [0.2, 0.25) is 0 Å². The number of amides is 1. The van der Waals surface area contributed by atoms with E-state index in [0.29, 0.717) is 0 Å². The number of thiophene rings is 1. The minimum atomic E-state index is 0.0444. The molecular formula is C23H30N4OS. The van der Waals surface area contributed by atoms with E-state index in [2.05, 4.69) is 68.4 Å². The second-order valence-corrected chi connectivity index (χ2v) is 8.60. The first-order valence-corrected chi connectivity index (χ1v) is 11.5. The number of aryl methyl sites for hydroxylation is 1. The van der Waals surface area contributed by atoms with Gasteiger partial charge in [0, 0.05) is 45.8 Å². The number of hydrogen-bond donors (Lipinski definition) is 1. The Morgan fingerprint density at radius 2 is 1.83 bits per heavy atom. The number of benzene rings is 1. The Kier molecular flexibility index (Phi) is 6.64. The molecule has 3 heterocycles. The average molecular weight is 411 g/mol. The molecule has 1 amide bonds. The minimum Gasteiger partial charge on any atom is -0.351 e. The van der Waals surface area contributed by atoms with Crippen molar-refractivity contribution in [2.45, 2.75) is 26.4 Å². The molecule has 3 aromatic rings. The number of fused-ring (bicyclic) bond motifs is 1. The number of aromatic nitrogens is 1. The van der Waals surface area contributed by atoms with Crippen LogP contribution in [0.5, 0.6) is 0 Å².